The molecule has 80 valence electrons. The molecule has 1 unspecified atom stereocenters. The van der Waals surface area contributed by atoms with Gasteiger partial charge in [-0.05, 0) is 45.6 Å². The second-order valence-electron chi connectivity index (χ2n) is 4.68. The molecular formula is C11H20N2O. The molecule has 0 bridgehead atoms. The van der Waals surface area contributed by atoms with Gasteiger partial charge in [-0.3, -0.25) is 4.79 Å². The van der Waals surface area contributed by atoms with Crippen molar-refractivity contribution in [3.63, 3.8) is 0 Å². The van der Waals surface area contributed by atoms with Crippen molar-refractivity contribution in [3.8, 4) is 0 Å². The molecule has 0 aromatic rings. The third-order valence-corrected chi connectivity index (χ3v) is 3.23. The summed E-state index contributed by atoms with van der Waals surface area (Å²) in [5.41, 5.74) is 0. The molecule has 0 saturated heterocycles. The molecule has 2 saturated carbocycles. The van der Waals surface area contributed by atoms with E-state index in [-0.39, 0.29) is 6.04 Å². The molecule has 2 aliphatic carbocycles. The fraction of sp³-hybridized carbons (Fsp3) is 0.909. The van der Waals surface area contributed by atoms with Crippen LogP contribution >= 0.6 is 0 Å². The maximum Gasteiger partial charge on any atom is 0.239 e. The van der Waals surface area contributed by atoms with Crippen LogP contribution in [-0.4, -0.2) is 36.5 Å². The fourth-order valence-corrected chi connectivity index (χ4v) is 1.76. The van der Waals surface area contributed by atoms with Crippen LogP contribution in [0.4, 0.5) is 0 Å². The molecule has 0 aromatic heterocycles. The Morgan fingerprint density at radius 3 is 2.50 bits per heavy atom. The Balaban J connectivity index is 1.90. The summed E-state index contributed by atoms with van der Waals surface area (Å²) in [6.07, 6.45) is 5.08. The monoisotopic (exact) mass is 196 g/mol. The van der Waals surface area contributed by atoms with Crippen molar-refractivity contribution in [3.05, 3.63) is 0 Å². The summed E-state index contributed by atoms with van der Waals surface area (Å²) in [5, 5.41) is 3.03. The lowest BCUT2D eigenvalue weighted by atomic mass is 10.2. The Morgan fingerprint density at radius 1 is 1.43 bits per heavy atom. The number of nitrogens with one attached hydrogen (secondary N) is 1. The Kier molecular flexibility index (Phi) is 2.77. The van der Waals surface area contributed by atoms with Crippen LogP contribution in [-0.2, 0) is 4.79 Å². The lowest BCUT2D eigenvalue weighted by Gasteiger charge is -2.25. The van der Waals surface area contributed by atoms with Crippen molar-refractivity contribution in [1.29, 1.82) is 0 Å². The van der Waals surface area contributed by atoms with Crippen LogP contribution in [0.15, 0.2) is 0 Å². The van der Waals surface area contributed by atoms with E-state index in [0.717, 1.165) is 12.5 Å². The average Bonchev–Trinajstić information content (AvgIpc) is 3.02. The maximum absolute atomic E-state index is 12.0. The Morgan fingerprint density at radius 2 is 2.07 bits per heavy atom. The van der Waals surface area contributed by atoms with Gasteiger partial charge in [0.25, 0.3) is 0 Å². The first-order chi connectivity index (χ1) is 6.72. The third-order valence-electron chi connectivity index (χ3n) is 3.23. The summed E-state index contributed by atoms with van der Waals surface area (Å²) in [4.78, 5) is 14.1. The predicted molar refractivity (Wildman–Crippen MR) is 56.0 cm³/mol. The normalized spacial score (nSPS) is 23.3. The first-order valence-corrected chi connectivity index (χ1v) is 5.70. The van der Waals surface area contributed by atoms with Gasteiger partial charge in [0, 0.05) is 12.6 Å². The summed E-state index contributed by atoms with van der Waals surface area (Å²) < 4.78 is 0. The van der Waals surface area contributed by atoms with Crippen LogP contribution in [0, 0.1) is 5.92 Å². The lowest BCUT2D eigenvalue weighted by molar-refractivity contribution is -0.133. The number of likely N-dealkylation sites (N-methyl/N-ethyl adjacent to an activating group) is 1. The van der Waals surface area contributed by atoms with Crippen molar-refractivity contribution in [2.45, 2.75) is 44.7 Å². The fourth-order valence-electron chi connectivity index (χ4n) is 1.76. The van der Waals surface area contributed by atoms with Gasteiger partial charge < -0.3 is 10.2 Å². The zero-order valence-electron chi connectivity index (χ0n) is 9.12. The van der Waals surface area contributed by atoms with Crippen LogP contribution < -0.4 is 5.32 Å². The van der Waals surface area contributed by atoms with Crippen molar-refractivity contribution >= 4 is 5.91 Å². The van der Waals surface area contributed by atoms with Gasteiger partial charge in [-0.25, -0.2) is 0 Å². The summed E-state index contributed by atoms with van der Waals surface area (Å²) in [5.74, 6) is 1.10. The molecular weight excluding hydrogens is 176 g/mol. The Bertz CT molecular complexity index is 221. The number of carbonyl (C=O) groups excluding carboxylic acids is 1. The van der Waals surface area contributed by atoms with E-state index in [0.29, 0.717) is 11.9 Å². The molecule has 1 N–H and O–H groups in total. The minimum Gasteiger partial charge on any atom is -0.338 e. The number of rotatable bonds is 5. The first-order valence-electron chi connectivity index (χ1n) is 5.70. The van der Waals surface area contributed by atoms with Crippen LogP contribution in [0.3, 0.4) is 0 Å². The van der Waals surface area contributed by atoms with Gasteiger partial charge >= 0.3 is 0 Å². The molecule has 2 rings (SSSR count). The Hall–Kier alpha value is -0.570. The van der Waals surface area contributed by atoms with Crippen molar-refractivity contribution in [2.24, 2.45) is 5.92 Å². The van der Waals surface area contributed by atoms with Gasteiger partial charge in [0.05, 0.1) is 6.04 Å². The van der Waals surface area contributed by atoms with Gasteiger partial charge in [-0.1, -0.05) is 0 Å². The van der Waals surface area contributed by atoms with Gasteiger partial charge in [-0.15, -0.1) is 0 Å². The molecule has 14 heavy (non-hydrogen) atoms. The number of carbonyl (C=O) groups is 1. The van der Waals surface area contributed by atoms with E-state index in [1.165, 1.54) is 25.7 Å². The largest absolute Gasteiger partial charge is 0.338 e. The molecule has 2 fully saturated rings. The number of hydrogen-bond acceptors (Lipinski definition) is 2. The summed E-state index contributed by atoms with van der Waals surface area (Å²) in [6.45, 7) is 2.96. The minimum absolute atomic E-state index is 0.0191. The zero-order chi connectivity index (χ0) is 10.1. The number of amides is 1. The highest BCUT2D eigenvalue weighted by Gasteiger charge is 2.37. The van der Waals surface area contributed by atoms with Crippen LogP contribution in [0.2, 0.25) is 0 Å². The van der Waals surface area contributed by atoms with Crippen LogP contribution in [0.25, 0.3) is 0 Å². The lowest BCUT2D eigenvalue weighted by Crippen LogP contribution is -2.45. The van der Waals surface area contributed by atoms with Crippen molar-refractivity contribution in [1.82, 2.24) is 10.2 Å². The highest BCUT2D eigenvalue weighted by atomic mass is 16.2. The average molecular weight is 196 g/mol. The zero-order valence-corrected chi connectivity index (χ0v) is 9.12. The summed E-state index contributed by atoms with van der Waals surface area (Å²) in [6, 6.07) is 0.549. The van der Waals surface area contributed by atoms with Crippen LogP contribution in [0.1, 0.15) is 32.6 Å². The second kappa shape index (κ2) is 3.89. The molecule has 0 aliphatic heterocycles. The third kappa shape index (κ3) is 2.27. The van der Waals surface area contributed by atoms with E-state index in [4.69, 9.17) is 0 Å². The molecule has 0 spiro atoms. The van der Waals surface area contributed by atoms with Gasteiger partial charge in [0.15, 0.2) is 0 Å². The molecule has 3 heteroatoms. The molecule has 0 radical (unpaired) electrons. The molecule has 1 atom stereocenters. The Labute approximate surface area is 85.8 Å². The highest BCUT2D eigenvalue weighted by Crippen LogP contribution is 2.35. The van der Waals surface area contributed by atoms with E-state index >= 15 is 0 Å². The van der Waals surface area contributed by atoms with Gasteiger partial charge in [-0.2, -0.15) is 0 Å². The maximum atomic E-state index is 12.0. The van der Waals surface area contributed by atoms with Gasteiger partial charge in [0.2, 0.25) is 5.91 Å². The minimum atomic E-state index is -0.0191. The molecule has 2 aliphatic rings. The molecule has 3 nitrogen and oxygen atoms in total. The molecule has 0 aromatic carbocycles. The predicted octanol–water partition coefficient (Wildman–Crippen LogP) is 0.995. The van der Waals surface area contributed by atoms with E-state index in [1.807, 2.05) is 14.0 Å². The first kappa shape index (κ1) is 9.97. The molecule has 1 amide bonds. The second-order valence-corrected chi connectivity index (χ2v) is 4.68. The smallest absolute Gasteiger partial charge is 0.239 e. The quantitative estimate of drug-likeness (QED) is 0.711. The SMILES string of the molecule is CNC(C)C(=O)N(CC1CC1)C1CC1. The van der Waals surface area contributed by atoms with E-state index in [2.05, 4.69) is 10.2 Å². The van der Waals surface area contributed by atoms with Crippen LogP contribution in [0.5, 0.6) is 0 Å². The van der Waals surface area contributed by atoms with E-state index in [1.54, 1.807) is 0 Å². The van der Waals surface area contributed by atoms with E-state index in [9.17, 15) is 4.79 Å². The number of hydrogen-bond donors (Lipinski definition) is 1. The summed E-state index contributed by atoms with van der Waals surface area (Å²) in [7, 11) is 1.85. The highest BCUT2D eigenvalue weighted by molar-refractivity contribution is 5.82. The molecule has 0 heterocycles. The van der Waals surface area contributed by atoms with Crippen molar-refractivity contribution < 1.29 is 4.79 Å². The summed E-state index contributed by atoms with van der Waals surface area (Å²) >= 11 is 0. The topological polar surface area (TPSA) is 32.3 Å². The number of nitrogens with zero attached hydrogens (tertiary/aromatic N) is 1. The standard InChI is InChI=1S/C11H20N2O/c1-8(12-2)11(14)13(10-5-6-10)7-9-3-4-9/h8-10,12H,3-7H2,1-2H3. The van der Waals surface area contributed by atoms with Gasteiger partial charge in [0.1, 0.15) is 0 Å². The van der Waals surface area contributed by atoms with E-state index < -0.39 is 0 Å². The van der Waals surface area contributed by atoms with Crippen molar-refractivity contribution in [2.75, 3.05) is 13.6 Å².